The molecule has 5 aromatic rings. The fourth-order valence-corrected chi connectivity index (χ4v) is 3.68. The predicted octanol–water partition coefficient (Wildman–Crippen LogP) is 4.18. The Morgan fingerprint density at radius 3 is 2.66 bits per heavy atom. The van der Waals surface area contributed by atoms with Gasteiger partial charge in [-0.25, -0.2) is 14.4 Å². The van der Waals surface area contributed by atoms with Crippen LogP contribution >= 0.6 is 0 Å². The Hall–Kier alpha value is -4.48. The molecule has 0 saturated heterocycles. The molecule has 1 N–H and O–H groups in total. The lowest BCUT2D eigenvalue weighted by molar-refractivity contribution is -0.137. The Bertz CT molecular complexity index is 1620. The molecule has 178 valence electrons. The van der Waals surface area contributed by atoms with Crippen LogP contribution in [0.5, 0.6) is 0 Å². The maximum Gasteiger partial charge on any atom is 0.416 e. The minimum Gasteiger partial charge on any atom is -0.467 e. The quantitative estimate of drug-likeness (QED) is 0.377. The van der Waals surface area contributed by atoms with Gasteiger partial charge in [-0.15, -0.1) is 0 Å². The third-order valence-electron chi connectivity index (χ3n) is 5.32. The van der Waals surface area contributed by atoms with Gasteiger partial charge in [0.2, 0.25) is 11.9 Å². The van der Waals surface area contributed by atoms with Crippen LogP contribution in [0.4, 0.5) is 23.5 Å². The van der Waals surface area contributed by atoms with Gasteiger partial charge in [-0.05, 0) is 48.5 Å². The monoisotopic (exact) mass is 485 g/mol. The molecule has 2 aromatic carbocycles. The molecule has 0 aliphatic heterocycles. The van der Waals surface area contributed by atoms with Crippen LogP contribution in [0.1, 0.15) is 11.3 Å². The number of imidazole rings is 1. The number of anilines is 1. The number of alkyl halides is 3. The number of fused-ring (bicyclic) bond motifs is 2. The molecule has 0 unspecified atom stereocenters. The Labute approximate surface area is 193 Å². The maximum atomic E-state index is 13.6. The van der Waals surface area contributed by atoms with Crippen LogP contribution in [0, 0.1) is 5.82 Å². The molecule has 0 radical (unpaired) electrons. The third kappa shape index (κ3) is 4.37. The van der Waals surface area contributed by atoms with Crippen molar-refractivity contribution in [1.29, 1.82) is 0 Å². The molecular weight excluding hydrogens is 470 g/mol. The van der Waals surface area contributed by atoms with E-state index in [0.29, 0.717) is 11.3 Å². The van der Waals surface area contributed by atoms with Crippen LogP contribution in [-0.2, 0) is 24.1 Å². The highest BCUT2D eigenvalue weighted by Gasteiger charge is 2.31. The Morgan fingerprint density at radius 2 is 1.91 bits per heavy atom. The number of hydrogen-bond acceptors (Lipinski definition) is 5. The number of rotatable bonds is 5. The van der Waals surface area contributed by atoms with Gasteiger partial charge in [0.1, 0.15) is 18.1 Å². The Morgan fingerprint density at radius 1 is 1.09 bits per heavy atom. The standard InChI is InChI=1S/C23H15F4N5O3/c24-14-4-5-17-16(9-14)21(34)31(12-28-17)11-20(33)30-22-29-18-8-13(23(25,26)27)3-6-19(18)32(22)10-15-2-1-7-35-15/h1-9,12H,10-11H2,(H,29,30,33). The van der Waals surface area contributed by atoms with Crippen LogP contribution < -0.4 is 10.9 Å². The molecule has 3 aromatic heterocycles. The van der Waals surface area contributed by atoms with Crippen molar-refractivity contribution in [2.75, 3.05) is 5.32 Å². The highest BCUT2D eigenvalue weighted by atomic mass is 19.4. The first-order valence-corrected chi connectivity index (χ1v) is 10.2. The number of nitrogens with zero attached hydrogens (tertiary/aromatic N) is 4. The molecule has 3 heterocycles. The van der Waals surface area contributed by atoms with Crippen molar-refractivity contribution < 1.29 is 26.8 Å². The average Bonchev–Trinajstić information content (AvgIpc) is 3.43. The van der Waals surface area contributed by atoms with Gasteiger partial charge in [0.25, 0.3) is 5.56 Å². The Balaban J connectivity index is 1.49. The van der Waals surface area contributed by atoms with E-state index in [1.165, 1.54) is 29.0 Å². The molecule has 0 bridgehead atoms. The fraction of sp³-hybridized carbons (Fsp3) is 0.130. The number of benzene rings is 2. The van der Waals surface area contributed by atoms with E-state index in [-0.39, 0.29) is 28.9 Å². The van der Waals surface area contributed by atoms with E-state index in [9.17, 15) is 27.2 Å². The second kappa shape index (κ2) is 8.38. The lowest BCUT2D eigenvalue weighted by Gasteiger charge is -2.10. The second-order valence-corrected chi connectivity index (χ2v) is 7.69. The number of carbonyl (C=O) groups is 1. The first-order valence-electron chi connectivity index (χ1n) is 10.2. The van der Waals surface area contributed by atoms with Crippen molar-refractivity contribution in [2.24, 2.45) is 0 Å². The van der Waals surface area contributed by atoms with Crippen molar-refractivity contribution in [1.82, 2.24) is 19.1 Å². The number of carbonyl (C=O) groups excluding carboxylic acids is 1. The molecule has 0 aliphatic carbocycles. The lowest BCUT2D eigenvalue weighted by atomic mass is 10.2. The van der Waals surface area contributed by atoms with E-state index in [0.717, 1.165) is 29.1 Å². The smallest absolute Gasteiger partial charge is 0.416 e. The van der Waals surface area contributed by atoms with Gasteiger partial charge < -0.3 is 8.98 Å². The van der Waals surface area contributed by atoms with Gasteiger partial charge >= 0.3 is 6.18 Å². The van der Waals surface area contributed by atoms with E-state index in [1.54, 1.807) is 12.1 Å². The molecule has 0 aliphatic rings. The van der Waals surface area contributed by atoms with Crippen LogP contribution in [0.3, 0.4) is 0 Å². The molecule has 1 amide bonds. The topological polar surface area (TPSA) is 95.0 Å². The molecule has 8 nitrogen and oxygen atoms in total. The number of hydrogen-bond donors (Lipinski definition) is 1. The number of amides is 1. The summed E-state index contributed by atoms with van der Waals surface area (Å²) in [5.41, 5.74) is -0.879. The molecular formula is C23H15F4N5O3. The average molecular weight is 485 g/mol. The summed E-state index contributed by atoms with van der Waals surface area (Å²) >= 11 is 0. The minimum atomic E-state index is -4.56. The predicted molar refractivity (Wildman–Crippen MR) is 117 cm³/mol. The first kappa shape index (κ1) is 22.3. The van der Waals surface area contributed by atoms with Gasteiger partial charge in [0.15, 0.2) is 0 Å². The minimum absolute atomic E-state index is 0.00466. The van der Waals surface area contributed by atoms with E-state index < -0.39 is 35.6 Å². The van der Waals surface area contributed by atoms with Crippen LogP contribution in [-0.4, -0.2) is 25.0 Å². The second-order valence-electron chi connectivity index (χ2n) is 7.69. The molecule has 12 heteroatoms. The molecule has 0 spiro atoms. The van der Waals surface area contributed by atoms with E-state index in [4.69, 9.17) is 4.42 Å². The van der Waals surface area contributed by atoms with Crippen molar-refractivity contribution in [2.45, 2.75) is 19.3 Å². The van der Waals surface area contributed by atoms with Gasteiger partial charge in [-0.3, -0.25) is 19.5 Å². The van der Waals surface area contributed by atoms with Gasteiger partial charge in [0.05, 0.1) is 46.6 Å². The molecule has 0 saturated carbocycles. The zero-order valence-electron chi connectivity index (χ0n) is 17.7. The first-order chi connectivity index (χ1) is 16.7. The van der Waals surface area contributed by atoms with Gasteiger partial charge in [-0.1, -0.05) is 0 Å². The van der Waals surface area contributed by atoms with E-state index >= 15 is 0 Å². The highest BCUT2D eigenvalue weighted by Crippen LogP contribution is 2.32. The zero-order valence-corrected chi connectivity index (χ0v) is 17.7. The largest absolute Gasteiger partial charge is 0.467 e. The van der Waals surface area contributed by atoms with Crippen LogP contribution in [0.25, 0.3) is 21.9 Å². The summed E-state index contributed by atoms with van der Waals surface area (Å²) < 4.78 is 60.9. The van der Waals surface area contributed by atoms with Crippen molar-refractivity contribution in [3.8, 4) is 0 Å². The van der Waals surface area contributed by atoms with Crippen molar-refractivity contribution in [3.05, 3.63) is 88.6 Å². The highest BCUT2D eigenvalue weighted by molar-refractivity contribution is 5.91. The SMILES string of the molecule is O=C(Cn1cnc2ccc(F)cc2c1=O)Nc1nc2cc(C(F)(F)F)ccc2n1Cc1ccco1. The number of furan rings is 1. The Kier molecular flexibility index (Phi) is 5.35. The van der Waals surface area contributed by atoms with Crippen molar-refractivity contribution >= 4 is 33.8 Å². The fourth-order valence-electron chi connectivity index (χ4n) is 3.68. The van der Waals surface area contributed by atoms with Crippen LogP contribution in [0.15, 0.2) is 70.3 Å². The summed E-state index contributed by atoms with van der Waals surface area (Å²) in [6.07, 6.45) is -1.97. The lowest BCUT2D eigenvalue weighted by Crippen LogP contribution is -2.28. The molecule has 0 fully saturated rings. The number of halogens is 4. The third-order valence-corrected chi connectivity index (χ3v) is 5.32. The summed E-state index contributed by atoms with van der Waals surface area (Å²) in [6, 6.07) is 9.93. The van der Waals surface area contributed by atoms with Gasteiger partial charge in [-0.2, -0.15) is 13.2 Å². The number of aromatic nitrogens is 4. The van der Waals surface area contributed by atoms with E-state index in [2.05, 4.69) is 15.3 Å². The van der Waals surface area contributed by atoms with Crippen molar-refractivity contribution in [3.63, 3.8) is 0 Å². The molecule has 35 heavy (non-hydrogen) atoms. The number of nitrogens with one attached hydrogen (secondary N) is 1. The summed E-state index contributed by atoms with van der Waals surface area (Å²) in [5.74, 6) is -0.856. The summed E-state index contributed by atoms with van der Waals surface area (Å²) in [6.45, 7) is -0.392. The zero-order chi connectivity index (χ0) is 24.7. The van der Waals surface area contributed by atoms with Crippen LogP contribution in [0.2, 0.25) is 0 Å². The summed E-state index contributed by atoms with van der Waals surface area (Å²) in [5, 5.41) is 2.54. The molecule has 5 rings (SSSR count). The molecule has 0 atom stereocenters. The summed E-state index contributed by atoms with van der Waals surface area (Å²) in [4.78, 5) is 33.6. The maximum absolute atomic E-state index is 13.6. The summed E-state index contributed by atoms with van der Waals surface area (Å²) in [7, 11) is 0. The van der Waals surface area contributed by atoms with Gasteiger partial charge in [0, 0.05) is 0 Å². The normalized spacial score (nSPS) is 11.9. The van der Waals surface area contributed by atoms with E-state index in [1.807, 2.05) is 0 Å².